The first-order chi connectivity index (χ1) is 8.77. The Kier molecular flexibility index (Phi) is 3.89. The molecule has 1 aliphatic carbocycles. The Morgan fingerprint density at radius 3 is 2.83 bits per heavy atom. The van der Waals surface area contributed by atoms with Crippen LogP contribution in [0.15, 0.2) is 0 Å². The lowest BCUT2D eigenvalue weighted by atomic mass is 9.86. The van der Waals surface area contributed by atoms with Crippen LogP contribution in [0.2, 0.25) is 0 Å². The van der Waals surface area contributed by atoms with Crippen LogP contribution in [0.3, 0.4) is 0 Å². The Balaban J connectivity index is 1.57. The van der Waals surface area contributed by atoms with E-state index >= 15 is 0 Å². The molecule has 4 nitrogen and oxygen atoms in total. The minimum absolute atomic E-state index is 0.341. The van der Waals surface area contributed by atoms with E-state index in [4.69, 9.17) is 9.47 Å². The van der Waals surface area contributed by atoms with Crippen LogP contribution in [0.4, 0.5) is 0 Å². The van der Waals surface area contributed by atoms with Gasteiger partial charge in [0.1, 0.15) is 0 Å². The highest BCUT2D eigenvalue weighted by Gasteiger charge is 2.39. The standard InChI is InChI=1S/C14H26N2O2/c1-12-8-17-7-5-16(12)10-14(4-6-18-11-14)9-15-13-2-3-13/h12-13,15H,2-11H2,1H3. The molecule has 18 heavy (non-hydrogen) atoms. The SMILES string of the molecule is CC1COCCN1CC1(CNC2CC2)CCOC1. The largest absolute Gasteiger partial charge is 0.381 e. The summed E-state index contributed by atoms with van der Waals surface area (Å²) in [6.07, 6.45) is 3.94. The molecule has 2 saturated heterocycles. The number of hydrogen-bond acceptors (Lipinski definition) is 4. The Hall–Kier alpha value is -0.160. The highest BCUT2D eigenvalue weighted by molar-refractivity contribution is 4.93. The Morgan fingerprint density at radius 2 is 2.17 bits per heavy atom. The molecule has 0 spiro atoms. The molecule has 3 aliphatic rings. The third-order valence-electron chi connectivity index (χ3n) is 4.57. The summed E-state index contributed by atoms with van der Waals surface area (Å²) in [4.78, 5) is 2.59. The van der Waals surface area contributed by atoms with Gasteiger partial charge in [0.25, 0.3) is 0 Å². The molecule has 0 bridgehead atoms. The molecule has 0 aromatic rings. The Bertz CT molecular complexity index is 275. The van der Waals surface area contributed by atoms with Crippen LogP contribution in [0.25, 0.3) is 0 Å². The fourth-order valence-corrected chi connectivity index (χ4v) is 3.05. The van der Waals surface area contributed by atoms with Crippen molar-refractivity contribution in [2.75, 3.05) is 46.1 Å². The first-order valence-electron chi connectivity index (χ1n) is 7.40. The van der Waals surface area contributed by atoms with E-state index in [9.17, 15) is 0 Å². The lowest BCUT2D eigenvalue weighted by Crippen LogP contribution is -2.52. The molecule has 0 radical (unpaired) electrons. The molecule has 2 atom stereocenters. The normalized spacial score (nSPS) is 38.2. The fraction of sp³-hybridized carbons (Fsp3) is 1.00. The second-order valence-corrected chi connectivity index (χ2v) is 6.35. The van der Waals surface area contributed by atoms with Crippen LogP contribution in [-0.2, 0) is 9.47 Å². The van der Waals surface area contributed by atoms with Crippen molar-refractivity contribution in [2.24, 2.45) is 5.41 Å². The third-order valence-corrected chi connectivity index (χ3v) is 4.57. The summed E-state index contributed by atoms with van der Waals surface area (Å²) in [6, 6.07) is 1.35. The molecule has 3 fully saturated rings. The summed E-state index contributed by atoms with van der Waals surface area (Å²) in [6.45, 7) is 9.27. The maximum absolute atomic E-state index is 5.69. The van der Waals surface area contributed by atoms with E-state index in [0.717, 1.165) is 52.1 Å². The zero-order valence-corrected chi connectivity index (χ0v) is 11.5. The topological polar surface area (TPSA) is 33.7 Å². The predicted molar refractivity (Wildman–Crippen MR) is 70.7 cm³/mol. The molecule has 3 rings (SSSR count). The summed E-state index contributed by atoms with van der Waals surface area (Å²) >= 11 is 0. The minimum Gasteiger partial charge on any atom is -0.381 e. The van der Waals surface area contributed by atoms with E-state index in [0.29, 0.717) is 11.5 Å². The number of ether oxygens (including phenoxy) is 2. The number of nitrogens with one attached hydrogen (secondary N) is 1. The van der Waals surface area contributed by atoms with E-state index in [1.165, 1.54) is 19.3 Å². The molecule has 2 aliphatic heterocycles. The first kappa shape index (κ1) is 12.9. The number of morpholine rings is 1. The Morgan fingerprint density at radius 1 is 1.28 bits per heavy atom. The van der Waals surface area contributed by atoms with Crippen LogP contribution in [0, 0.1) is 5.41 Å². The van der Waals surface area contributed by atoms with Gasteiger partial charge in [-0.05, 0) is 26.2 Å². The summed E-state index contributed by atoms with van der Waals surface area (Å²) in [5, 5.41) is 3.71. The monoisotopic (exact) mass is 254 g/mol. The maximum Gasteiger partial charge on any atom is 0.0619 e. The van der Waals surface area contributed by atoms with E-state index in [1.54, 1.807) is 0 Å². The van der Waals surface area contributed by atoms with E-state index in [-0.39, 0.29) is 0 Å². The lowest BCUT2D eigenvalue weighted by Gasteiger charge is -2.40. The van der Waals surface area contributed by atoms with Crippen LogP contribution in [0.5, 0.6) is 0 Å². The van der Waals surface area contributed by atoms with Gasteiger partial charge in [-0.3, -0.25) is 4.90 Å². The molecule has 2 heterocycles. The highest BCUT2D eigenvalue weighted by atomic mass is 16.5. The lowest BCUT2D eigenvalue weighted by molar-refractivity contribution is -0.0220. The van der Waals surface area contributed by atoms with Crippen molar-refractivity contribution < 1.29 is 9.47 Å². The molecule has 0 amide bonds. The van der Waals surface area contributed by atoms with Crippen molar-refractivity contribution in [3.8, 4) is 0 Å². The van der Waals surface area contributed by atoms with Gasteiger partial charge in [-0.2, -0.15) is 0 Å². The average molecular weight is 254 g/mol. The molecular formula is C14H26N2O2. The minimum atomic E-state index is 0.341. The zero-order chi connectivity index (χ0) is 12.4. The van der Waals surface area contributed by atoms with Gasteiger partial charge in [0.05, 0.1) is 19.8 Å². The van der Waals surface area contributed by atoms with Crippen LogP contribution < -0.4 is 5.32 Å². The van der Waals surface area contributed by atoms with Crippen LogP contribution in [0.1, 0.15) is 26.2 Å². The molecule has 0 aromatic carbocycles. The maximum atomic E-state index is 5.69. The van der Waals surface area contributed by atoms with Gasteiger partial charge in [0, 0.05) is 43.7 Å². The first-order valence-corrected chi connectivity index (χ1v) is 7.40. The quantitative estimate of drug-likeness (QED) is 0.789. The molecule has 1 N–H and O–H groups in total. The van der Waals surface area contributed by atoms with Crippen molar-refractivity contribution in [1.82, 2.24) is 10.2 Å². The molecule has 104 valence electrons. The van der Waals surface area contributed by atoms with Crippen molar-refractivity contribution in [3.63, 3.8) is 0 Å². The molecule has 4 heteroatoms. The second kappa shape index (κ2) is 5.45. The van der Waals surface area contributed by atoms with Crippen molar-refractivity contribution in [3.05, 3.63) is 0 Å². The van der Waals surface area contributed by atoms with Crippen LogP contribution >= 0.6 is 0 Å². The molecular weight excluding hydrogens is 228 g/mol. The molecule has 1 saturated carbocycles. The van der Waals surface area contributed by atoms with Crippen molar-refractivity contribution in [2.45, 2.75) is 38.3 Å². The van der Waals surface area contributed by atoms with E-state index in [1.807, 2.05) is 0 Å². The molecule has 2 unspecified atom stereocenters. The fourth-order valence-electron chi connectivity index (χ4n) is 3.05. The summed E-state index contributed by atoms with van der Waals surface area (Å²) < 4.78 is 11.2. The van der Waals surface area contributed by atoms with Gasteiger partial charge in [-0.25, -0.2) is 0 Å². The van der Waals surface area contributed by atoms with E-state index in [2.05, 4.69) is 17.1 Å². The number of nitrogens with zero attached hydrogens (tertiary/aromatic N) is 1. The van der Waals surface area contributed by atoms with Gasteiger partial charge in [0.2, 0.25) is 0 Å². The number of rotatable bonds is 5. The smallest absolute Gasteiger partial charge is 0.0619 e. The second-order valence-electron chi connectivity index (χ2n) is 6.35. The van der Waals surface area contributed by atoms with Gasteiger partial charge >= 0.3 is 0 Å². The molecule has 0 aromatic heterocycles. The van der Waals surface area contributed by atoms with Gasteiger partial charge < -0.3 is 14.8 Å². The summed E-state index contributed by atoms with van der Waals surface area (Å²) in [7, 11) is 0. The predicted octanol–water partition coefficient (Wildman–Crippen LogP) is 0.866. The number of hydrogen-bond donors (Lipinski definition) is 1. The van der Waals surface area contributed by atoms with E-state index < -0.39 is 0 Å². The Labute approximate surface area is 110 Å². The highest BCUT2D eigenvalue weighted by Crippen LogP contribution is 2.31. The van der Waals surface area contributed by atoms with Gasteiger partial charge in [-0.1, -0.05) is 0 Å². The van der Waals surface area contributed by atoms with Crippen molar-refractivity contribution in [1.29, 1.82) is 0 Å². The van der Waals surface area contributed by atoms with Crippen LogP contribution in [-0.4, -0.2) is 63.0 Å². The summed E-state index contributed by atoms with van der Waals surface area (Å²) in [5.41, 5.74) is 0.341. The zero-order valence-electron chi connectivity index (χ0n) is 11.5. The third kappa shape index (κ3) is 3.05. The van der Waals surface area contributed by atoms with Crippen molar-refractivity contribution >= 4 is 0 Å². The van der Waals surface area contributed by atoms with Gasteiger partial charge in [-0.15, -0.1) is 0 Å². The van der Waals surface area contributed by atoms with Gasteiger partial charge in [0.15, 0.2) is 0 Å². The summed E-state index contributed by atoms with van der Waals surface area (Å²) in [5.74, 6) is 0. The average Bonchev–Trinajstić information content (AvgIpc) is 3.10.